The molecule has 0 unspecified atom stereocenters. The summed E-state index contributed by atoms with van der Waals surface area (Å²) >= 11 is 18.3. The largest absolute Gasteiger partial charge is 0.493 e. The van der Waals surface area contributed by atoms with E-state index in [1.165, 1.54) is 0 Å². The number of halogens is 3. The van der Waals surface area contributed by atoms with Crippen molar-refractivity contribution in [1.29, 1.82) is 0 Å². The van der Waals surface area contributed by atoms with Gasteiger partial charge in [0.25, 0.3) is 5.91 Å². The summed E-state index contributed by atoms with van der Waals surface area (Å²) < 4.78 is 11.6. The number of amides is 1. The fraction of sp³-hybridized carbons (Fsp3) is 0.174. The zero-order chi connectivity index (χ0) is 21.7. The van der Waals surface area contributed by atoms with Gasteiger partial charge in [0.05, 0.1) is 22.3 Å². The standard InChI is InChI=1S/C23H20Cl3NO3/c1-3-29-21-10-7-15(23(28)27-20-6-4-5-19(25)22(20)26)12-16(21)13-30-17-8-9-18(24)14(2)11-17/h4-12H,3,13H2,1-2H3,(H,27,28). The highest BCUT2D eigenvalue weighted by atomic mass is 35.5. The van der Waals surface area contributed by atoms with E-state index in [2.05, 4.69) is 5.32 Å². The Morgan fingerprint density at radius 1 is 0.967 bits per heavy atom. The molecule has 30 heavy (non-hydrogen) atoms. The maximum atomic E-state index is 12.7. The first kappa shape index (κ1) is 22.3. The molecule has 0 radical (unpaired) electrons. The Balaban J connectivity index is 1.81. The van der Waals surface area contributed by atoms with Crippen LogP contribution in [0.1, 0.15) is 28.4 Å². The monoisotopic (exact) mass is 463 g/mol. The Hall–Kier alpha value is -2.40. The van der Waals surface area contributed by atoms with Crippen molar-refractivity contribution in [3.63, 3.8) is 0 Å². The van der Waals surface area contributed by atoms with Crippen molar-refractivity contribution in [3.8, 4) is 11.5 Å². The van der Waals surface area contributed by atoms with Crippen molar-refractivity contribution < 1.29 is 14.3 Å². The van der Waals surface area contributed by atoms with E-state index < -0.39 is 0 Å². The summed E-state index contributed by atoms with van der Waals surface area (Å²) in [7, 11) is 0. The van der Waals surface area contributed by atoms with Gasteiger partial charge in [-0.15, -0.1) is 0 Å². The Bertz CT molecular complexity index is 1070. The number of benzene rings is 3. The van der Waals surface area contributed by atoms with Crippen LogP contribution in [0.2, 0.25) is 15.1 Å². The van der Waals surface area contributed by atoms with Crippen LogP contribution in [0, 0.1) is 6.92 Å². The van der Waals surface area contributed by atoms with Crippen molar-refractivity contribution in [2.24, 2.45) is 0 Å². The van der Waals surface area contributed by atoms with Crippen molar-refractivity contribution in [2.75, 3.05) is 11.9 Å². The van der Waals surface area contributed by atoms with E-state index in [1.54, 1.807) is 48.5 Å². The van der Waals surface area contributed by atoms with Crippen LogP contribution in [0.5, 0.6) is 11.5 Å². The van der Waals surface area contributed by atoms with Crippen molar-refractivity contribution in [2.45, 2.75) is 20.5 Å². The van der Waals surface area contributed by atoms with Gasteiger partial charge >= 0.3 is 0 Å². The average molecular weight is 465 g/mol. The molecule has 0 atom stereocenters. The van der Waals surface area contributed by atoms with Gasteiger partial charge in [-0.05, 0) is 67.9 Å². The van der Waals surface area contributed by atoms with E-state index in [-0.39, 0.29) is 12.5 Å². The predicted molar refractivity (Wildman–Crippen MR) is 123 cm³/mol. The van der Waals surface area contributed by atoms with E-state index in [1.807, 2.05) is 19.9 Å². The second kappa shape index (κ2) is 10.1. The molecule has 7 heteroatoms. The van der Waals surface area contributed by atoms with Gasteiger partial charge in [0.2, 0.25) is 0 Å². The molecule has 4 nitrogen and oxygen atoms in total. The number of nitrogens with one attached hydrogen (secondary N) is 1. The first-order chi connectivity index (χ1) is 14.4. The minimum absolute atomic E-state index is 0.232. The zero-order valence-electron chi connectivity index (χ0n) is 16.5. The SMILES string of the molecule is CCOc1ccc(C(=O)Nc2cccc(Cl)c2Cl)cc1COc1ccc(Cl)c(C)c1. The highest BCUT2D eigenvalue weighted by Gasteiger charge is 2.14. The first-order valence-corrected chi connectivity index (χ1v) is 10.4. The Morgan fingerprint density at radius 3 is 2.50 bits per heavy atom. The maximum absolute atomic E-state index is 12.7. The molecule has 0 spiro atoms. The van der Waals surface area contributed by atoms with Crippen molar-refractivity contribution in [3.05, 3.63) is 86.4 Å². The molecule has 0 bridgehead atoms. The lowest BCUT2D eigenvalue weighted by molar-refractivity contribution is 0.102. The molecule has 0 aliphatic rings. The summed E-state index contributed by atoms with van der Waals surface area (Å²) in [4.78, 5) is 12.7. The third-order valence-electron chi connectivity index (χ3n) is 4.35. The van der Waals surface area contributed by atoms with E-state index >= 15 is 0 Å². The Labute approximate surface area is 190 Å². The predicted octanol–water partition coefficient (Wildman–Crippen LogP) is 7.19. The Kier molecular flexibility index (Phi) is 7.48. The van der Waals surface area contributed by atoms with Crippen LogP contribution in [0.3, 0.4) is 0 Å². The van der Waals surface area contributed by atoms with Gasteiger partial charge in [0.1, 0.15) is 18.1 Å². The molecule has 0 saturated carbocycles. The molecule has 0 aromatic heterocycles. The molecule has 3 rings (SSSR count). The summed E-state index contributed by atoms with van der Waals surface area (Å²) in [5.41, 5.74) is 2.55. The van der Waals surface area contributed by atoms with E-state index in [9.17, 15) is 4.79 Å². The lowest BCUT2D eigenvalue weighted by atomic mass is 10.1. The molecule has 0 aliphatic heterocycles. The summed E-state index contributed by atoms with van der Waals surface area (Å²) in [5, 5.41) is 4.12. The second-order valence-corrected chi connectivity index (χ2v) is 7.70. The van der Waals surface area contributed by atoms with E-state index in [4.69, 9.17) is 44.3 Å². The molecule has 1 amide bonds. The molecule has 0 aliphatic carbocycles. The molecule has 156 valence electrons. The number of carbonyl (C=O) groups excluding carboxylic acids is 1. The molecular formula is C23H20Cl3NO3. The zero-order valence-corrected chi connectivity index (χ0v) is 18.7. The van der Waals surface area contributed by atoms with E-state index in [0.29, 0.717) is 44.4 Å². The molecule has 0 saturated heterocycles. The van der Waals surface area contributed by atoms with Crippen molar-refractivity contribution in [1.82, 2.24) is 0 Å². The van der Waals surface area contributed by atoms with Crippen LogP contribution in [0.25, 0.3) is 0 Å². The smallest absolute Gasteiger partial charge is 0.255 e. The minimum Gasteiger partial charge on any atom is -0.493 e. The molecule has 3 aromatic carbocycles. The number of anilines is 1. The lowest BCUT2D eigenvalue weighted by Gasteiger charge is -2.14. The minimum atomic E-state index is -0.314. The number of carbonyl (C=O) groups is 1. The van der Waals surface area contributed by atoms with Gasteiger partial charge in [-0.25, -0.2) is 0 Å². The highest BCUT2D eigenvalue weighted by Crippen LogP contribution is 2.30. The molecule has 0 fully saturated rings. The molecule has 1 N–H and O–H groups in total. The van der Waals surface area contributed by atoms with Gasteiger partial charge in [-0.3, -0.25) is 4.79 Å². The number of rotatable bonds is 7. The van der Waals surface area contributed by atoms with Gasteiger partial charge < -0.3 is 14.8 Å². The van der Waals surface area contributed by atoms with Crippen LogP contribution >= 0.6 is 34.8 Å². The third kappa shape index (κ3) is 5.39. The number of aryl methyl sites for hydroxylation is 1. The second-order valence-electron chi connectivity index (χ2n) is 6.51. The van der Waals surface area contributed by atoms with Crippen LogP contribution in [-0.4, -0.2) is 12.5 Å². The fourth-order valence-corrected chi connectivity index (χ4v) is 3.26. The highest BCUT2D eigenvalue weighted by molar-refractivity contribution is 6.44. The molecule has 3 aromatic rings. The van der Waals surface area contributed by atoms with E-state index in [0.717, 1.165) is 11.1 Å². The maximum Gasteiger partial charge on any atom is 0.255 e. The van der Waals surface area contributed by atoms with Crippen molar-refractivity contribution >= 4 is 46.4 Å². The number of hydrogen-bond acceptors (Lipinski definition) is 3. The van der Waals surface area contributed by atoms with Crippen LogP contribution in [-0.2, 0) is 6.61 Å². The lowest BCUT2D eigenvalue weighted by Crippen LogP contribution is -2.13. The summed E-state index contributed by atoms with van der Waals surface area (Å²) in [6.45, 7) is 4.54. The third-order valence-corrected chi connectivity index (χ3v) is 5.59. The fourth-order valence-electron chi connectivity index (χ4n) is 2.79. The van der Waals surface area contributed by atoms with Crippen LogP contribution in [0.4, 0.5) is 5.69 Å². The topological polar surface area (TPSA) is 47.6 Å². The summed E-state index contributed by atoms with van der Waals surface area (Å²) in [6, 6.07) is 15.7. The quantitative estimate of drug-likeness (QED) is 0.402. The molecule has 0 heterocycles. The normalized spacial score (nSPS) is 10.6. The first-order valence-electron chi connectivity index (χ1n) is 9.29. The van der Waals surface area contributed by atoms with Gasteiger partial charge in [-0.1, -0.05) is 40.9 Å². The average Bonchev–Trinajstić information content (AvgIpc) is 2.73. The van der Waals surface area contributed by atoms with Crippen LogP contribution in [0.15, 0.2) is 54.6 Å². The van der Waals surface area contributed by atoms with Gasteiger partial charge in [-0.2, -0.15) is 0 Å². The van der Waals surface area contributed by atoms with Gasteiger partial charge in [0, 0.05) is 16.1 Å². The molecular weight excluding hydrogens is 445 g/mol. The Morgan fingerprint density at radius 2 is 1.77 bits per heavy atom. The van der Waals surface area contributed by atoms with Crippen LogP contribution < -0.4 is 14.8 Å². The van der Waals surface area contributed by atoms with Gasteiger partial charge in [0.15, 0.2) is 0 Å². The summed E-state index contributed by atoms with van der Waals surface area (Å²) in [6.07, 6.45) is 0. The number of hydrogen-bond donors (Lipinski definition) is 1. The number of ether oxygens (including phenoxy) is 2. The summed E-state index contributed by atoms with van der Waals surface area (Å²) in [5.74, 6) is 1.02.